The smallest absolute Gasteiger partial charge is 0.251 e. The van der Waals surface area contributed by atoms with Gasteiger partial charge in [0, 0.05) is 18.7 Å². The molecule has 0 aromatic heterocycles. The Morgan fingerprint density at radius 2 is 1.95 bits per heavy atom. The molecule has 0 radical (unpaired) electrons. The van der Waals surface area contributed by atoms with E-state index >= 15 is 0 Å². The number of nitrogens with two attached hydrogens (primary N) is 1. The van der Waals surface area contributed by atoms with Crippen LogP contribution in [-0.4, -0.2) is 34.0 Å². The molecule has 1 rings (SSSR count). The van der Waals surface area contributed by atoms with E-state index in [9.17, 15) is 13.2 Å². The van der Waals surface area contributed by atoms with Crippen molar-refractivity contribution in [3.8, 4) is 0 Å². The Labute approximate surface area is 119 Å². The van der Waals surface area contributed by atoms with Crippen molar-refractivity contribution in [3.63, 3.8) is 0 Å². The lowest BCUT2D eigenvalue weighted by Gasteiger charge is -2.07. The number of sulfonamides is 1. The summed E-state index contributed by atoms with van der Waals surface area (Å²) in [4.78, 5) is 11.8. The van der Waals surface area contributed by atoms with Crippen LogP contribution >= 0.6 is 0 Å². The highest BCUT2D eigenvalue weighted by atomic mass is 32.2. The SMILES string of the molecule is C=CCNS(=O)(=O)c1ccc(C(=O)NCCCN)cc1. The van der Waals surface area contributed by atoms with Crippen LogP contribution in [0.15, 0.2) is 41.8 Å². The van der Waals surface area contributed by atoms with E-state index in [1.54, 1.807) is 0 Å². The monoisotopic (exact) mass is 297 g/mol. The van der Waals surface area contributed by atoms with Crippen LogP contribution in [0.5, 0.6) is 0 Å². The van der Waals surface area contributed by atoms with E-state index in [1.165, 1.54) is 30.3 Å². The van der Waals surface area contributed by atoms with Gasteiger partial charge in [0.05, 0.1) is 4.90 Å². The third-order valence-electron chi connectivity index (χ3n) is 2.51. The fourth-order valence-corrected chi connectivity index (χ4v) is 2.44. The Morgan fingerprint density at radius 3 is 2.50 bits per heavy atom. The number of benzene rings is 1. The summed E-state index contributed by atoms with van der Waals surface area (Å²) in [6.07, 6.45) is 2.15. The van der Waals surface area contributed by atoms with Crippen LogP contribution in [0.25, 0.3) is 0 Å². The number of hydrogen-bond acceptors (Lipinski definition) is 4. The Bertz CT molecular complexity index is 553. The average molecular weight is 297 g/mol. The first kappa shape index (κ1) is 16.4. The van der Waals surface area contributed by atoms with Gasteiger partial charge >= 0.3 is 0 Å². The van der Waals surface area contributed by atoms with Gasteiger partial charge in [-0.3, -0.25) is 4.79 Å². The van der Waals surface area contributed by atoms with Gasteiger partial charge in [-0.05, 0) is 37.2 Å². The molecule has 0 saturated heterocycles. The second-order valence-corrected chi connectivity index (χ2v) is 5.83. The summed E-state index contributed by atoms with van der Waals surface area (Å²) in [6.45, 7) is 4.60. The Kier molecular flexibility index (Phi) is 6.37. The second-order valence-electron chi connectivity index (χ2n) is 4.06. The largest absolute Gasteiger partial charge is 0.352 e. The van der Waals surface area contributed by atoms with Crippen molar-refractivity contribution in [1.29, 1.82) is 0 Å². The minimum atomic E-state index is -3.56. The fraction of sp³-hybridized carbons (Fsp3) is 0.308. The molecule has 7 heteroatoms. The van der Waals surface area contributed by atoms with Crippen molar-refractivity contribution in [2.24, 2.45) is 5.73 Å². The van der Waals surface area contributed by atoms with Crippen molar-refractivity contribution in [2.45, 2.75) is 11.3 Å². The van der Waals surface area contributed by atoms with E-state index in [1.807, 2.05) is 0 Å². The maximum atomic E-state index is 11.8. The molecule has 0 saturated carbocycles. The Morgan fingerprint density at radius 1 is 1.30 bits per heavy atom. The highest BCUT2D eigenvalue weighted by molar-refractivity contribution is 7.89. The summed E-state index contributed by atoms with van der Waals surface area (Å²) in [5.41, 5.74) is 5.74. The lowest BCUT2D eigenvalue weighted by atomic mass is 10.2. The Balaban J connectivity index is 2.73. The van der Waals surface area contributed by atoms with Gasteiger partial charge in [-0.2, -0.15) is 0 Å². The van der Waals surface area contributed by atoms with Gasteiger partial charge in [0.25, 0.3) is 5.91 Å². The van der Waals surface area contributed by atoms with Crippen LogP contribution in [0.2, 0.25) is 0 Å². The van der Waals surface area contributed by atoms with Gasteiger partial charge in [0.2, 0.25) is 10.0 Å². The molecular formula is C13H19N3O3S. The average Bonchev–Trinajstić information content (AvgIpc) is 2.45. The van der Waals surface area contributed by atoms with Crippen molar-refractivity contribution in [2.75, 3.05) is 19.6 Å². The number of nitrogens with one attached hydrogen (secondary N) is 2. The molecule has 110 valence electrons. The van der Waals surface area contributed by atoms with E-state index in [0.717, 1.165) is 0 Å². The maximum Gasteiger partial charge on any atom is 0.251 e. The number of amides is 1. The third-order valence-corrected chi connectivity index (χ3v) is 3.95. The van der Waals surface area contributed by atoms with E-state index in [4.69, 9.17) is 5.73 Å². The number of carbonyl (C=O) groups is 1. The van der Waals surface area contributed by atoms with Gasteiger partial charge in [0.15, 0.2) is 0 Å². The molecule has 20 heavy (non-hydrogen) atoms. The van der Waals surface area contributed by atoms with Gasteiger partial charge in [-0.15, -0.1) is 6.58 Å². The number of hydrogen-bond donors (Lipinski definition) is 3. The molecule has 4 N–H and O–H groups in total. The van der Waals surface area contributed by atoms with Gasteiger partial charge in [-0.25, -0.2) is 13.1 Å². The molecule has 0 bridgehead atoms. The normalized spacial score (nSPS) is 11.1. The van der Waals surface area contributed by atoms with E-state index < -0.39 is 10.0 Å². The molecule has 0 unspecified atom stereocenters. The van der Waals surface area contributed by atoms with E-state index in [2.05, 4.69) is 16.6 Å². The maximum absolute atomic E-state index is 11.8. The van der Waals surface area contributed by atoms with Gasteiger partial charge < -0.3 is 11.1 Å². The third kappa shape index (κ3) is 4.76. The van der Waals surface area contributed by atoms with Crippen LogP contribution in [0, 0.1) is 0 Å². The molecule has 1 amide bonds. The fourth-order valence-electron chi connectivity index (χ4n) is 1.44. The minimum absolute atomic E-state index is 0.109. The van der Waals surface area contributed by atoms with Crippen LogP contribution in [-0.2, 0) is 10.0 Å². The predicted octanol–water partition coefficient (Wildman–Crippen LogP) is 0.230. The Hall–Kier alpha value is -1.70. The molecule has 0 fully saturated rings. The first-order valence-electron chi connectivity index (χ1n) is 6.20. The molecule has 1 aromatic rings. The molecule has 6 nitrogen and oxygen atoms in total. The lowest BCUT2D eigenvalue weighted by molar-refractivity contribution is 0.0953. The zero-order chi connectivity index (χ0) is 15.0. The van der Waals surface area contributed by atoms with Crippen molar-refractivity contribution < 1.29 is 13.2 Å². The van der Waals surface area contributed by atoms with E-state index in [-0.39, 0.29) is 17.3 Å². The number of rotatable bonds is 8. The molecule has 1 aromatic carbocycles. The molecule has 0 aliphatic heterocycles. The standard InChI is InChI=1S/C13H19N3O3S/c1-2-9-16-20(18,19)12-6-4-11(5-7-12)13(17)15-10-3-8-14/h2,4-7,16H,1,3,8-10,14H2,(H,15,17). The second kappa shape index (κ2) is 7.78. The minimum Gasteiger partial charge on any atom is -0.352 e. The van der Waals surface area contributed by atoms with Crippen molar-refractivity contribution in [3.05, 3.63) is 42.5 Å². The summed E-state index contributed by atoms with van der Waals surface area (Å²) < 4.78 is 26.0. The van der Waals surface area contributed by atoms with Gasteiger partial charge in [-0.1, -0.05) is 6.08 Å². The molecule has 0 spiro atoms. The molecule has 0 atom stereocenters. The quantitative estimate of drug-likeness (QED) is 0.472. The summed E-state index contributed by atoms with van der Waals surface area (Å²) >= 11 is 0. The molecule has 0 heterocycles. The van der Waals surface area contributed by atoms with Crippen molar-refractivity contribution in [1.82, 2.24) is 10.0 Å². The molecule has 0 aliphatic carbocycles. The molecular weight excluding hydrogens is 278 g/mol. The first-order valence-corrected chi connectivity index (χ1v) is 7.68. The highest BCUT2D eigenvalue weighted by Gasteiger charge is 2.13. The summed E-state index contributed by atoms with van der Waals surface area (Å²) in [6, 6.07) is 5.73. The van der Waals surface area contributed by atoms with Crippen LogP contribution in [0.3, 0.4) is 0 Å². The highest BCUT2D eigenvalue weighted by Crippen LogP contribution is 2.10. The first-order chi connectivity index (χ1) is 9.51. The van der Waals surface area contributed by atoms with Crippen LogP contribution in [0.1, 0.15) is 16.8 Å². The van der Waals surface area contributed by atoms with Crippen molar-refractivity contribution >= 4 is 15.9 Å². The lowest BCUT2D eigenvalue weighted by Crippen LogP contribution is -2.26. The summed E-state index contributed by atoms with van der Waals surface area (Å²) in [7, 11) is -3.56. The van der Waals surface area contributed by atoms with Crippen LogP contribution < -0.4 is 15.8 Å². The predicted molar refractivity (Wildman–Crippen MR) is 77.8 cm³/mol. The van der Waals surface area contributed by atoms with E-state index in [0.29, 0.717) is 25.1 Å². The van der Waals surface area contributed by atoms with Gasteiger partial charge in [0.1, 0.15) is 0 Å². The summed E-state index contributed by atoms with van der Waals surface area (Å²) in [5, 5.41) is 2.70. The number of carbonyl (C=O) groups excluding carboxylic acids is 1. The zero-order valence-corrected chi connectivity index (χ0v) is 11.9. The van der Waals surface area contributed by atoms with Crippen LogP contribution in [0.4, 0.5) is 0 Å². The zero-order valence-electron chi connectivity index (χ0n) is 11.1. The molecule has 0 aliphatic rings. The summed E-state index contributed by atoms with van der Waals surface area (Å²) in [5.74, 6) is -0.249. The topological polar surface area (TPSA) is 101 Å².